The van der Waals surface area contributed by atoms with E-state index in [-0.39, 0.29) is 5.78 Å². The minimum Gasteiger partial charge on any atom is -0.330 e. The number of rotatable bonds is 6. The van der Waals surface area contributed by atoms with E-state index < -0.39 is 0 Å². The lowest BCUT2D eigenvalue weighted by Crippen LogP contribution is -2.04. The third-order valence-corrected chi connectivity index (χ3v) is 4.78. The van der Waals surface area contributed by atoms with Crippen molar-refractivity contribution in [3.63, 3.8) is 0 Å². The first-order valence-corrected chi connectivity index (χ1v) is 9.34. The van der Waals surface area contributed by atoms with Gasteiger partial charge in [0.15, 0.2) is 5.78 Å². The molecule has 4 aromatic rings. The van der Waals surface area contributed by atoms with E-state index in [1.54, 1.807) is 6.92 Å². The van der Waals surface area contributed by atoms with Crippen LogP contribution >= 0.6 is 0 Å². The Kier molecular flexibility index (Phi) is 5.11. The first-order chi connectivity index (χ1) is 13.7. The summed E-state index contributed by atoms with van der Waals surface area (Å²) in [5.74, 6) is 0.0680. The first-order valence-electron chi connectivity index (χ1n) is 9.34. The molecule has 0 radical (unpaired) electrons. The molecule has 0 fully saturated rings. The van der Waals surface area contributed by atoms with Crippen LogP contribution in [0.2, 0.25) is 0 Å². The smallest absolute Gasteiger partial charge is 0.159 e. The van der Waals surface area contributed by atoms with E-state index in [4.69, 9.17) is 4.98 Å². The van der Waals surface area contributed by atoms with Crippen LogP contribution in [0, 0.1) is 0 Å². The third-order valence-electron chi connectivity index (χ3n) is 4.78. The average Bonchev–Trinajstić information content (AvgIpc) is 3.17. The molecule has 4 heteroatoms. The van der Waals surface area contributed by atoms with Crippen LogP contribution in [-0.2, 0) is 13.0 Å². The van der Waals surface area contributed by atoms with Gasteiger partial charge in [-0.3, -0.25) is 9.78 Å². The van der Waals surface area contributed by atoms with Gasteiger partial charge >= 0.3 is 0 Å². The Morgan fingerprint density at radius 3 is 2.29 bits per heavy atom. The summed E-state index contributed by atoms with van der Waals surface area (Å²) >= 11 is 0. The molecule has 0 spiro atoms. The van der Waals surface area contributed by atoms with Crippen molar-refractivity contribution in [1.82, 2.24) is 14.5 Å². The first kappa shape index (κ1) is 17.9. The Hall–Kier alpha value is -3.53. The minimum atomic E-state index is 0.0680. The van der Waals surface area contributed by atoms with Crippen LogP contribution in [0.4, 0.5) is 0 Å². The van der Waals surface area contributed by atoms with E-state index in [9.17, 15) is 4.79 Å². The number of hydrogen-bond acceptors (Lipinski definition) is 3. The summed E-state index contributed by atoms with van der Waals surface area (Å²) in [5, 5.41) is 0. The highest BCUT2D eigenvalue weighted by molar-refractivity contribution is 5.94. The highest BCUT2D eigenvalue weighted by Gasteiger charge is 2.15. The maximum Gasteiger partial charge on any atom is 0.159 e. The average molecular weight is 367 g/mol. The molecule has 0 aliphatic carbocycles. The summed E-state index contributed by atoms with van der Waals surface area (Å²) in [5.41, 5.74) is 5.88. The van der Waals surface area contributed by atoms with Gasteiger partial charge in [-0.05, 0) is 19.1 Å². The number of aryl methyl sites for hydroxylation is 2. The Morgan fingerprint density at radius 1 is 0.857 bits per heavy atom. The van der Waals surface area contributed by atoms with Gasteiger partial charge in [0.1, 0.15) is 0 Å². The summed E-state index contributed by atoms with van der Waals surface area (Å²) in [6, 6.07) is 23.9. The second-order valence-corrected chi connectivity index (χ2v) is 6.71. The maximum atomic E-state index is 11.6. The second kappa shape index (κ2) is 8.01. The quantitative estimate of drug-likeness (QED) is 0.448. The number of aromatic nitrogens is 3. The zero-order valence-corrected chi connectivity index (χ0v) is 15.7. The highest BCUT2D eigenvalue weighted by Crippen LogP contribution is 2.31. The van der Waals surface area contributed by atoms with Crippen LogP contribution in [0.5, 0.6) is 0 Å². The molecular weight excluding hydrogens is 346 g/mol. The molecule has 0 aliphatic heterocycles. The molecule has 2 aromatic carbocycles. The van der Waals surface area contributed by atoms with E-state index >= 15 is 0 Å². The fraction of sp³-hybridized carbons (Fsp3) is 0.125. The standard InChI is InChI=1S/C24H21N3O/c1-18(28)19-10-12-21(13-11-19)24-23(20-7-3-2-4-8-20)26-17-27(24)16-14-22-9-5-6-15-25-22/h2-13,15,17H,14,16H2,1H3. The van der Waals surface area contributed by atoms with E-state index in [0.29, 0.717) is 5.56 Å². The molecule has 0 saturated carbocycles. The van der Waals surface area contributed by atoms with Crippen molar-refractivity contribution in [3.05, 3.63) is 96.6 Å². The molecular formula is C24H21N3O. The molecule has 0 aliphatic rings. The second-order valence-electron chi connectivity index (χ2n) is 6.71. The normalized spacial score (nSPS) is 10.8. The SMILES string of the molecule is CC(=O)c1ccc(-c2c(-c3ccccc3)ncn2CCc2ccccn2)cc1. The van der Waals surface area contributed by atoms with Gasteiger partial charge in [0.25, 0.3) is 0 Å². The van der Waals surface area contributed by atoms with E-state index in [1.165, 1.54) is 0 Å². The number of benzene rings is 2. The van der Waals surface area contributed by atoms with Gasteiger partial charge in [-0.15, -0.1) is 0 Å². The number of nitrogens with zero attached hydrogens (tertiary/aromatic N) is 3. The number of Topliss-reactive ketones (excluding diaryl/α,β-unsaturated/α-hetero) is 1. The summed E-state index contributed by atoms with van der Waals surface area (Å²) in [7, 11) is 0. The molecule has 0 atom stereocenters. The maximum absolute atomic E-state index is 11.6. The van der Waals surface area contributed by atoms with Crippen LogP contribution < -0.4 is 0 Å². The zero-order valence-electron chi connectivity index (χ0n) is 15.7. The van der Waals surface area contributed by atoms with Crippen molar-refractivity contribution in [1.29, 1.82) is 0 Å². The number of hydrogen-bond donors (Lipinski definition) is 0. The Labute approximate surface area is 164 Å². The molecule has 2 heterocycles. The summed E-state index contributed by atoms with van der Waals surface area (Å²) in [6.07, 6.45) is 4.53. The number of carbonyl (C=O) groups is 1. The van der Waals surface area contributed by atoms with Crippen LogP contribution in [0.15, 0.2) is 85.3 Å². The van der Waals surface area contributed by atoms with Crippen LogP contribution in [0.1, 0.15) is 23.0 Å². The summed E-state index contributed by atoms with van der Waals surface area (Å²) in [6.45, 7) is 2.36. The lowest BCUT2D eigenvalue weighted by Gasteiger charge is -2.11. The highest BCUT2D eigenvalue weighted by atomic mass is 16.1. The van der Waals surface area contributed by atoms with Crippen molar-refractivity contribution in [2.45, 2.75) is 19.9 Å². The largest absolute Gasteiger partial charge is 0.330 e. The number of imidazole rings is 1. The monoisotopic (exact) mass is 367 g/mol. The van der Waals surface area contributed by atoms with Crippen LogP contribution in [0.3, 0.4) is 0 Å². The van der Waals surface area contributed by atoms with Gasteiger partial charge in [0.05, 0.1) is 17.7 Å². The molecule has 28 heavy (non-hydrogen) atoms. The fourth-order valence-corrected chi connectivity index (χ4v) is 3.31. The van der Waals surface area contributed by atoms with E-state index in [0.717, 1.165) is 41.2 Å². The Bertz CT molecular complexity index is 1070. The van der Waals surface area contributed by atoms with Gasteiger partial charge < -0.3 is 4.57 Å². The van der Waals surface area contributed by atoms with Crippen molar-refractivity contribution in [3.8, 4) is 22.5 Å². The lowest BCUT2D eigenvalue weighted by molar-refractivity contribution is 0.101. The van der Waals surface area contributed by atoms with E-state index in [2.05, 4.69) is 21.7 Å². The van der Waals surface area contributed by atoms with E-state index in [1.807, 2.05) is 73.2 Å². The number of ketones is 1. The van der Waals surface area contributed by atoms with Gasteiger partial charge in [-0.25, -0.2) is 4.98 Å². The van der Waals surface area contributed by atoms with Crippen molar-refractivity contribution in [2.24, 2.45) is 0 Å². The molecule has 0 N–H and O–H groups in total. The predicted molar refractivity (Wildman–Crippen MR) is 111 cm³/mol. The Morgan fingerprint density at radius 2 is 1.61 bits per heavy atom. The molecule has 138 valence electrons. The van der Waals surface area contributed by atoms with Gasteiger partial charge in [-0.2, -0.15) is 0 Å². The summed E-state index contributed by atoms with van der Waals surface area (Å²) < 4.78 is 2.17. The molecule has 0 bridgehead atoms. The molecule has 4 rings (SSSR count). The minimum absolute atomic E-state index is 0.0680. The van der Waals surface area contributed by atoms with Crippen molar-refractivity contribution < 1.29 is 4.79 Å². The van der Waals surface area contributed by atoms with Crippen molar-refractivity contribution >= 4 is 5.78 Å². The molecule has 2 aromatic heterocycles. The number of pyridine rings is 1. The fourth-order valence-electron chi connectivity index (χ4n) is 3.31. The van der Waals surface area contributed by atoms with Crippen LogP contribution in [-0.4, -0.2) is 20.3 Å². The van der Waals surface area contributed by atoms with Crippen molar-refractivity contribution in [2.75, 3.05) is 0 Å². The lowest BCUT2D eigenvalue weighted by atomic mass is 10.0. The van der Waals surface area contributed by atoms with Gasteiger partial charge in [-0.1, -0.05) is 60.7 Å². The molecule has 0 unspecified atom stereocenters. The Balaban J connectivity index is 1.74. The third kappa shape index (κ3) is 3.76. The van der Waals surface area contributed by atoms with Gasteiger partial charge in [0.2, 0.25) is 0 Å². The molecule has 4 nitrogen and oxygen atoms in total. The topological polar surface area (TPSA) is 47.8 Å². The van der Waals surface area contributed by atoms with Crippen LogP contribution in [0.25, 0.3) is 22.5 Å². The zero-order chi connectivity index (χ0) is 19.3. The molecule has 0 amide bonds. The number of carbonyl (C=O) groups excluding carboxylic acids is 1. The molecule has 0 saturated heterocycles. The van der Waals surface area contributed by atoms with Gasteiger partial charge in [0, 0.05) is 41.5 Å². The summed E-state index contributed by atoms with van der Waals surface area (Å²) in [4.78, 5) is 20.8. The predicted octanol–water partition coefficient (Wildman–Crippen LogP) is 5.06.